The smallest absolute Gasteiger partial charge is 0.404 e. The lowest BCUT2D eigenvalue weighted by atomic mass is 9.90. The number of carbonyl (C=O) groups excluding carboxylic acids is 2. The number of ether oxygens (including phenoxy) is 1. The van der Waals surface area contributed by atoms with Crippen LogP contribution >= 0.6 is 0 Å². The number of hydrogen-bond donors (Lipinski definition) is 3. The molecule has 0 bridgehead atoms. The molecule has 2 rings (SSSR count). The quantitative estimate of drug-likeness (QED) is 0.700. The Morgan fingerprint density at radius 2 is 2.21 bits per heavy atom. The summed E-state index contributed by atoms with van der Waals surface area (Å²) in [6.45, 7) is 1.13. The molecule has 0 saturated heterocycles. The molecule has 0 saturated carbocycles. The minimum atomic E-state index is -0.832. The molecule has 2 amide bonds. The fraction of sp³-hybridized carbons (Fsp3) is 0.385. The van der Waals surface area contributed by atoms with Crippen LogP contribution in [0.5, 0.6) is 0 Å². The van der Waals surface area contributed by atoms with Crippen LogP contribution in [0.25, 0.3) is 0 Å². The molecular weight excluding hydrogens is 246 g/mol. The van der Waals surface area contributed by atoms with Gasteiger partial charge in [0.05, 0.1) is 12.5 Å². The van der Waals surface area contributed by atoms with Gasteiger partial charge in [-0.15, -0.1) is 0 Å². The predicted octanol–water partition coefficient (Wildman–Crippen LogP) is 0.797. The first-order valence-electron chi connectivity index (χ1n) is 6.21. The summed E-state index contributed by atoms with van der Waals surface area (Å²) >= 11 is 0. The third-order valence-electron chi connectivity index (χ3n) is 3.05. The van der Waals surface area contributed by atoms with Crippen LogP contribution in [0.2, 0.25) is 0 Å². The summed E-state index contributed by atoms with van der Waals surface area (Å²) in [6.07, 6.45) is -0.0825. The monoisotopic (exact) mass is 263 g/mol. The van der Waals surface area contributed by atoms with Gasteiger partial charge in [-0.25, -0.2) is 4.79 Å². The van der Waals surface area contributed by atoms with Crippen LogP contribution in [0, 0.1) is 0 Å². The van der Waals surface area contributed by atoms with Gasteiger partial charge in [0.15, 0.2) is 0 Å². The summed E-state index contributed by atoms with van der Waals surface area (Å²) in [6, 6.07) is 7.77. The van der Waals surface area contributed by atoms with Crippen molar-refractivity contribution < 1.29 is 14.3 Å². The molecule has 1 unspecified atom stereocenters. The van der Waals surface area contributed by atoms with Crippen molar-refractivity contribution in [3.05, 3.63) is 29.8 Å². The zero-order valence-electron chi connectivity index (χ0n) is 10.5. The normalized spacial score (nSPS) is 16.9. The van der Waals surface area contributed by atoms with Crippen molar-refractivity contribution in [1.82, 2.24) is 5.32 Å². The molecule has 19 heavy (non-hydrogen) atoms. The molecule has 1 aliphatic heterocycles. The lowest BCUT2D eigenvalue weighted by Gasteiger charge is -2.25. The molecule has 4 N–H and O–H groups in total. The predicted molar refractivity (Wildman–Crippen MR) is 70.8 cm³/mol. The Balaban J connectivity index is 1.92. The van der Waals surface area contributed by atoms with E-state index >= 15 is 0 Å². The fourth-order valence-electron chi connectivity index (χ4n) is 2.19. The maximum Gasteiger partial charge on any atom is 0.404 e. The highest BCUT2D eigenvalue weighted by Crippen LogP contribution is 2.31. The first kappa shape index (κ1) is 13.2. The molecule has 0 spiro atoms. The Morgan fingerprint density at radius 1 is 1.42 bits per heavy atom. The van der Waals surface area contributed by atoms with Crippen molar-refractivity contribution in [2.24, 2.45) is 5.73 Å². The topological polar surface area (TPSA) is 93.5 Å². The number of carbonyl (C=O) groups is 2. The van der Waals surface area contributed by atoms with Crippen LogP contribution in [-0.2, 0) is 9.53 Å². The third-order valence-corrected chi connectivity index (χ3v) is 3.05. The van der Waals surface area contributed by atoms with Gasteiger partial charge >= 0.3 is 6.09 Å². The zero-order valence-corrected chi connectivity index (χ0v) is 10.5. The van der Waals surface area contributed by atoms with E-state index < -0.39 is 6.09 Å². The van der Waals surface area contributed by atoms with Gasteiger partial charge in [-0.05, 0) is 18.1 Å². The molecule has 0 aliphatic carbocycles. The van der Waals surface area contributed by atoms with Gasteiger partial charge in [-0.2, -0.15) is 0 Å². The molecule has 1 aromatic carbocycles. The number of benzene rings is 1. The van der Waals surface area contributed by atoms with Crippen LogP contribution < -0.4 is 16.4 Å². The minimum Gasteiger partial charge on any atom is -0.448 e. The Morgan fingerprint density at radius 3 is 3.00 bits per heavy atom. The molecule has 1 aromatic rings. The van der Waals surface area contributed by atoms with Gasteiger partial charge < -0.3 is 21.1 Å². The zero-order chi connectivity index (χ0) is 13.7. The number of hydrogen-bond acceptors (Lipinski definition) is 4. The second-order valence-electron chi connectivity index (χ2n) is 4.31. The highest BCUT2D eigenvalue weighted by atomic mass is 16.5. The molecular formula is C13H17N3O3. The molecule has 6 nitrogen and oxygen atoms in total. The second kappa shape index (κ2) is 6.08. The second-order valence-corrected chi connectivity index (χ2v) is 4.31. The van der Waals surface area contributed by atoms with Crippen LogP contribution in [0.15, 0.2) is 24.3 Å². The van der Waals surface area contributed by atoms with Crippen LogP contribution in [0.3, 0.4) is 0 Å². The first-order valence-corrected chi connectivity index (χ1v) is 6.21. The Kier molecular flexibility index (Phi) is 4.22. The van der Waals surface area contributed by atoms with Gasteiger partial charge in [-0.3, -0.25) is 4.79 Å². The number of anilines is 1. The highest BCUT2D eigenvalue weighted by Gasteiger charge is 2.25. The molecule has 1 aliphatic rings. The first-order chi connectivity index (χ1) is 9.18. The van der Waals surface area contributed by atoms with E-state index in [0.29, 0.717) is 0 Å². The summed E-state index contributed by atoms with van der Waals surface area (Å²) in [5.41, 5.74) is 6.84. The van der Waals surface area contributed by atoms with Crippen LogP contribution in [0.1, 0.15) is 17.9 Å². The lowest BCUT2D eigenvalue weighted by Crippen LogP contribution is -2.35. The Bertz CT molecular complexity index is 476. The van der Waals surface area contributed by atoms with E-state index in [1.165, 1.54) is 0 Å². The molecule has 0 radical (unpaired) electrons. The van der Waals surface area contributed by atoms with Gasteiger partial charge in [0, 0.05) is 12.2 Å². The van der Waals surface area contributed by atoms with E-state index in [-0.39, 0.29) is 25.0 Å². The van der Waals surface area contributed by atoms with E-state index in [1.807, 2.05) is 24.3 Å². The SMILES string of the molecule is NC(=O)OCCNC(=O)C1CCNc2ccccc21. The number of amides is 2. The largest absolute Gasteiger partial charge is 0.448 e. The average molecular weight is 263 g/mol. The molecule has 1 atom stereocenters. The summed E-state index contributed by atoms with van der Waals surface area (Å²) in [4.78, 5) is 22.5. The Hall–Kier alpha value is -2.24. The summed E-state index contributed by atoms with van der Waals surface area (Å²) in [5.74, 6) is -0.215. The number of para-hydroxylation sites is 1. The number of fused-ring (bicyclic) bond motifs is 1. The highest BCUT2D eigenvalue weighted by molar-refractivity contribution is 5.86. The standard InChI is InChI=1S/C13H17N3O3/c14-13(18)19-8-7-16-12(17)10-5-6-15-11-4-2-1-3-9(10)11/h1-4,10,15H,5-8H2,(H2,14,18)(H,16,17). The van der Waals surface area contributed by atoms with E-state index in [1.54, 1.807) is 0 Å². The third kappa shape index (κ3) is 3.37. The summed E-state index contributed by atoms with van der Waals surface area (Å²) in [7, 11) is 0. The van der Waals surface area contributed by atoms with Gasteiger partial charge in [0.1, 0.15) is 6.61 Å². The average Bonchev–Trinajstić information content (AvgIpc) is 2.42. The van der Waals surface area contributed by atoms with Crippen LogP contribution in [-0.4, -0.2) is 31.7 Å². The number of nitrogens with one attached hydrogen (secondary N) is 2. The van der Waals surface area contributed by atoms with Crippen LogP contribution in [0.4, 0.5) is 10.5 Å². The minimum absolute atomic E-state index is 0.0537. The van der Waals surface area contributed by atoms with Crippen molar-refractivity contribution in [1.29, 1.82) is 0 Å². The van der Waals surface area contributed by atoms with Gasteiger partial charge in [0.2, 0.25) is 5.91 Å². The van der Waals surface area contributed by atoms with E-state index in [0.717, 1.165) is 24.2 Å². The molecule has 102 valence electrons. The molecule has 0 aromatic heterocycles. The van der Waals surface area contributed by atoms with E-state index in [2.05, 4.69) is 15.4 Å². The summed E-state index contributed by atoms with van der Waals surface area (Å²) < 4.78 is 4.56. The molecule has 0 fully saturated rings. The van der Waals surface area contributed by atoms with Crippen molar-refractivity contribution in [3.8, 4) is 0 Å². The number of nitrogens with two attached hydrogens (primary N) is 1. The van der Waals surface area contributed by atoms with Gasteiger partial charge in [-0.1, -0.05) is 18.2 Å². The van der Waals surface area contributed by atoms with Crippen molar-refractivity contribution in [2.45, 2.75) is 12.3 Å². The lowest BCUT2D eigenvalue weighted by molar-refractivity contribution is -0.122. The maximum absolute atomic E-state index is 12.1. The number of rotatable bonds is 4. The van der Waals surface area contributed by atoms with E-state index in [4.69, 9.17) is 5.73 Å². The van der Waals surface area contributed by atoms with E-state index in [9.17, 15) is 9.59 Å². The number of primary amides is 1. The fourth-order valence-corrected chi connectivity index (χ4v) is 2.19. The maximum atomic E-state index is 12.1. The van der Waals surface area contributed by atoms with Crippen molar-refractivity contribution in [2.75, 3.05) is 25.0 Å². The molecule has 1 heterocycles. The molecule has 6 heteroatoms. The summed E-state index contributed by atoms with van der Waals surface area (Å²) in [5, 5.41) is 6.01. The van der Waals surface area contributed by atoms with Crippen molar-refractivity contribution >= 4 is 17.7 Å². The Labute approximate surface area is 111 Å². The van der Waals surface area contributed by atoms with Crippen molar-refractivity contribution in [3.63, 3.8) is 0 Å². The van der Waals surface area contributed by atoms with Gasteiger partial charge in [0.25, 0.3) is 0 Å².